The molecule has 0 bridgehead atoms. The first-order valence-corrected chi connectivity index (χ1v) is 9.60. The monoisotopic (exact) mass is 398 g/mol. The van der Waals surface area contributed by atoms with Crippen molar-refractivity contribution in [3.8, 4) is 11.8 Å². The molecule has 1 aromatic carbocycles. The van der Waals surface area contributed by atoms with E-state index in [1.807, 2.05) is 19.1 Å². The zero-order chi connectivity index (χ0) is 21.1. The fourth-order valence-electron chi connectivity index (χ4n) is 4.32. The fourth-order valence-corrected chi connectivity index (χ4v) is 4.54. The highest BCUT2D eigenvalue weighted by atomic mass is 35.5. The number of halogens is 1. The highest BCUT2D eigenvalue weighted by molar-refractivity contribution is 6.31. The predicted octanol–water partition coefficient (Wildman–Crippen LogP) is 5.20. The fraction of sp³-hybridized carbons (Fsp3) is 0.391. The van der Waals surface area contributed by atoms with E-state index in [-0.39, 0.29) is 28.9 Å². The summed E-state index contributed by atoms with van der Waals surface area (Å²) in [5.41, 5.74) is 0.382. The molecule has 0 aromatic heterocycles. The van der Waals surface area contributed by atoms with Gasteiger partial charge >= 0.3 is 0 Å². The van der Waals surface area contributed by atoms with Crippen LogP contribution in [0.4, 0.5) is 0 Å². The van der Waals surface area contributed by atoms with Crippen LogP contribution >= 0.6 is 11.6 Å². The molecular formula is C23H27ClN2O2. The number of nitrogens with zero attached hydrogens (tertiary/aromatic N) is 1. The van der Waals surface area contributed by atoms with Crippen LogP contribution in [0.3, 0.4) is 0 Å². The summed E-state index contributed by atoms with van der Waals surface area (Å²) in [5.74, 6) is 0.477. The van der Waals surface area contributed by atoms with Gasteiger partial charge in [0.25, 0.3) is 5.91 Å². The smallest absolute Gasteiger partial charge is 0.251 e. The first-order chi connectivity index (χ1) is 13.1. The number of ether oxygens (including phenoxy) is 1. The molecule has 1 aliphatic rings. The van der Waals surface area contributed by atoms with Gasteiger partial charge in [-0.05, 0) is 19.1 Å². The van der Waals surface area contributed by atoms with Crippen molar-refractivity contribution in [1.82, 2.24) is 5.32 Å². The van der Waals surface area contributed by atoms with Gasteiger partial charge in [0.15, 0.2) is 0 Å². The third-order valence-corrected chi connectivity index (χ3v) is 5.65. The van der Waals surface area contributed by atoms with Gasteiger partial charge in [-0.3, -0.25) is 4.79 Å². The van der Waals surface area contributed by atoms with Gasteiger partial charge in [-0.1, -0.05) is 70.2 Å². The summed E-state index contributed by atoms with van der Waals surface area (Å²) in [5, 5.41) is 12.5. The lowest BCUT2D eigenvalue weighted by Crippen LogP contribution is -2.74. The number of amides is 1. The molecule has 0 heterocycles. The molecule has 2 rings (SSSR count). The summed E-state index contributed by atoms with van der Waals surface area (Å²) in [4.78, 5) is 12.7. The maximum atomic E-state index is 12.7. The van der Waals surface area contributed by atoms with E-state index in [1.54, 1.807) is 36.4 Å². The molecular weight excluding hydrogens is 372 g/mol. The van der Waals surface area contributed by atoms with Gasteiger partial charge in [0, 0.05) is 28.5 Å². The van der Waals surface area contributed by atoms with E-state index in [0.29, 0.717) is 21.9 Å². The summed E-state index contributed by atoms with van der Waals surface area (Å²) in [7, 11) is 0. The standard InChI is InChI=1S/C23H27ClN2O2/c1-7-9-15(10-8-2)19(27)26-20-22(3,4)21(23(20,5)6)28-17-12-11-16(14-25)18(24)13-17/h7-13,20-21H,1H2,2-6H3,(H,26,27)/b10-8-,15-9+/t20-,21-. The number of nitrogens with one attached hydrogen (secondary N) is 1. The maximum Gasteiger partial charge on any atom is 0.251 e. The van der Waals surface area contributed by atoms with Gasteiger partial charge in [-0.15, -0.1) is 0 Å². The summed E-state index contributed by atoms with van der Waals surface area (Å²) < 4.78 is 6.24. The van der Waals surface area contributed by atoms with Crippen LogP contribution in [0.15, 0.2) is 54.7 Å². The highest BCUT2D eigenvalue weighted by Gasteiger charge is 2.64. The maximum absolute atomic E-state index is 12.7. The minimum Gasteiger partial charge on any atom is -0.489 e. The van der Waals surface area contributed by atoms with Crippen molar-refractivity contribution in [1.29, 1.82) is 5.26 Å². The molecule has 4 nitrogen and oxygen atoms in total. The van der Waals surface area contributed by atoms with Crippen molar-refractivity contribution < 1.29 is 9.53 Å². The van der Waals surface area contributed by atoms with E-state index in [1.165, 1.54) is 0 Å². The Hall–Kier alpha value is -2.51. The molecule has 0 unspecified atom stereocenters. The van der Waals surface area contributed by atoms with Crippen LogP contribution in [0.5, 0.6) is 5.75 Å². The van der Waals surface area contributed by atoms with E-state index >= 15 is 0 Å². The van der Waals surface area contributed by atoms with Crippen molar-refractivity contribution in [2.24, 2.45) is 10.8 Å². The minimum absolute atomic E-state index is 0.0789. The summed E-state index contributed by atoms with van der Waals surface area (Å²) in [6.07, 6.45) is 6.75. The number of hydrogen-bond acceptors (Lipinski definition) is 3. The second kappa shape index (κ2) is 8.24. The number of allylic oxidation sites excluding steroid dienone is 3. The highest BCUT2D eigenvalue weighted by Crippen LogP contribution is 2.55. The SMILES string of the molecule is C=C/C=C(\C=C/C)C(=O)N[C@H]1C(C)(C)[C@H](Oc2ccc(C#N)c(Cl)c2)C1(C)C. The quantitative estimate of drug-likeness (QED) is 0.529. The van der Waals surface area contributed by atoms with Gasteiger partial charge in [-0.25, -0.2) is 0 Å². The van der Waals surface area contributed by atoms with Crippen LogP contribution in [0.1, 0.15) is 40.2 Å². The Morgan fingerprint density at radius 2 is 1.96 bits per heavy atom. The molecule has 1 amide bonds. The van der Waals surface area contributed by atoms with Crippen molar-refractivity contribution in [3.63, 3.8) is 0 Å². The molecule has 1 aromatic rings. The Labute approximate surface area is 172 Å². The minimum atomic E-state index is -0.297. The summed E-state index contributed by atoms with van der Waals surface area (Å²) in [6, 6.07) is 7.03. The normalized spacial score (nSPS) is 22.8. The number of rotatable bonds is 6. The van der Waals surface area contributed by atoms with E-state index in [0.717, 1.165) is 0 Å². The van der Waals surface area contributed by atoms with Crippen LogP contribution in [-0.2, 0) is 4.79 Å². The summed E-state index contributed by atoms with van der Waals surface area (Å²) in [6.45, 7) is 13.8. The molecule has 1 aliphatic carbocycles. The number of carbonyl (C=O) groups excluding carboxylic acids is 1. The lowest BCUT2D eigenvalue weighted by molar-refractivity contribution is -0.172. The summed E-state index contributed by atoms with van der Waals surface area (Å²) >= 11 is 6.13. The first kappa shape index (κ1) is 21.8. The van der Waals surface area contributed by atoms with Crippen LogP contribution in [0, 0.1) is 22.2 Å². The van der Waals surface area contributed by atoms with Crippen molar-refractivity contribution >= 4 is 17.5 Å². The van der Waals surface area contributed by atoms with Crippen molar-refractivity contribution in [2.75, 3.05) is 0 Å². The number of carbonyl (C=O) groups is 1. The first-order valence-electron chi connectivity index (χ1n) is 9.22. The average molecular weight is 399 g/mol. The van der Waals surface area contributed by atoms with Crippen molar-refractivity contribution in [3.05, 3.63) is 65.2 Å². The Morgan fingerprint density at radius 3 is 2.46 bits per heavy atom. The third-order valence-electron chi connectivity index (χ3n) is 5.34. The van der Waals surface area contributed by atoms with Crippen LogP contribution in [0.2, 0.25) is 5.02 Å². The second-order valence-corrected chi connectivity index (χ2v) is 8.57. The zero-order valence-electron chi connectivity index (χ0n) is 17.0. The van der Waals surface area contributed by atoms with Crippen molar-refractivity contribution in [2.45, 2.75) is 46.8 Å². The van der Waals surface area contributed by atoms with E-state index in [2.05, 4.69) is 39.6 Å². The third kappa shape index (κ3) is 4.00. The molecule has 5 heteroatoms. The van der Waals surface area contributed by atoms with Crippen LogP contribution in [-0.4, -0.2) is 18.1 Å². The van der Waals surface area contributed by atoms with E-state index < -0.39 is 0 Å². The Bertz CT molecular complexity index is 859. The molecule has 1 fully saturated rings. The lowest BCUT2D eigenvalue weighted by Gasteiger charge is -2.63. The molecule has 1 saturated carbocycles. The van der Waals surface area contributed by atoms with Gasteiger partial charge in [0.1, 0.15) is 17.9 Å². The number of hydrogen-bond donors (Lipinski definition) is 1. The van der Waals surface area contributed by atoms with E-state index in [9.17, 15) is 4.79 Å². The van der Waals surface area contributed by atoms with Gasteiger partial charge in [-0.2, -0.15) is 5.26 Å². The second-order valence-electron chi connectivity index (χ2n) is 8.16. The molecule has 0 saturated heterocycles. The predicted molar refractivity (Wildman–Crippen MR) is 113 cm³/mol. The topological polar surface area (TPSA) is 62.1 Å². The largest absolute Gasteiger partial charge is 0.489 e. The molecule has 0 aliphatic heterocycles. The van der Waals surface area contributed by atoms with Gasteiger partial charge < -0.3 is 10.1 Å². The lowest BCUT2D eigenvalue weighted by atomic mass is 9.49. The molecule has 0 atom stereocenters. The molecule has 28 heavy (non-hydrogen) atoms. The Kier molecular flexibility index (Phi) is 6.41. The average Bonchev–Trinajstić information content (AvgIpc) is 2.63. The zero-order valence-corrected chi connectivity index (χ0v) is 17.8. The molecule has 1 N–H and O–H groups in total. The van der Waals surface area contributed by atoms with Crippen LogP contribution < -0.4 is 10.1 Å². The van der Waals surface area contributed by atoms with Crippen LogP contribution in [0.25, 0.3) is 0 Å². The molecule has 0 radical (unpaired) electrons. The molecule has 0 spiro atoms. The Balaban J connectivity index is 2.20. The van der Waals surface area contributed by atoms with Gasteiger partial charge in [0.05, 0.1) is 10.6 Å². The van der Waals surface area contributed by atoms with E-state index in [4.69, 9.17) is 21.6 Å². The number of benzene rings is 1. The number of nitriles is 1. The van der Waals surface area contributed by atoms with Gasteiger partial charge in [0.2, 0.25) is 0 Å². The molecule has 148 valence electrons. The Morgan fingerprint density at radius 1 is 1.32 bits per heavy atom.